The minimum Gasteiger partial charge on any atom is -0.497 e. The van der Waals surface area contributed by atoms with Crippen molar-refractivity contribution >= 4 is 0 Å². The number of ether oxygens (including phenoxy) is 2. The van der Waals surface area contributed by atoms with Crippen LogP contribution in [-0.4, -0.2) is 19.3 Å². The fourth-order valence-corrected chi connectivity index (χ4v) is 2.19. The first-order valence-corrected chi connectivity index (χ1v) is 7.06. The van der Waals surface area contributed by atoms with E-state index in [1.54, 1.807) is 0 Å². The van der Waals surface area contributed by atoms with E-state index >= 15 is 0 Å². The molecule has 1 heterocycles. The summed E-state index contributed by atoms with van der Waals surface area (Å²) < 4.78 is 11.0. The van der Waals surface area contributed by atoms with Crippen molar-refractivity contribution in [2.75, 3.05) is 13.2 Å². The van der Waals surface area contributed by atoms with Gasteiger partial charge in [0.05, 0.1) is 12.9 Å². The molecular formula is C16H23NO2. The van der Waals surface area contributed by atoms with E-state index < -0.39 is 0 Å². The molecule has 0 aromatic heterocycles. The molecule has 3 heteroatoms. The summed E-state index contributed by atoms with van der Waals surface area (Å²) >= 11 is 0. The Morgan fingerprint density at radius 2 is 2.16 bits per heavy atom. The lowest BCUT2D eigenvalue weighted by Gasteiger charge is -2.20. The zero-order valence-electron chi connectivity index (χ0n) is 11.6. The second-order valence-corrected chi connectivity index (χ2v) is 4.74. The smallest absolute Gasteiger partial charge is 0.110 e. The summed E-state index contributed by atoms with van der Waals surface area (Å²) in [5.74, 6) is 0. The van der Waals surface area contributed by atoms with Crippen LogP contribution in [0.1, 0.15) is 30.9 Å². The van der Waals surface area contributed by atoms with Gasteiger partial charge in [-0.15, -0.1) is 0 Å². The monoisotopic (exact) mass is 261 g/mol. The Kier molecular flexibility index (Phi) is 5.92. The first-order chi connectivity index (χ1) is 9.40. The number of nitrogens with one attached hydrogen (secondary N) is 1. The molecule has 1 aliphatic heterocycles. The van der Waals surface area contributed by atoms with Gasteiger partial charge in [-0.3, -0.25) is 0 Å². The SMILES string of the molecule is CCOCc1ccccc1CNCC1CCC=CO1. The van der Waals surface area contributed by atoms with Crippen molar-refractivity contribution in [1.29, 1.82) is 0 Å². The number of hydrogen-bond acceptors (Lipinski definition) is 3. The molecule has 0 saturated carbocycles. The Balaban J connectivity index is 1.79. The zero-order valence-corrected chi connectivity index (χ0v) is 11.6. The Morgan fingerprint density at radius 1 is 1.32 bits per heavy atom. The van der Waals surface area contributed by atoms with Gasteiger partial charge in [0.25, 0.3) is 0 Å². The van der Waals surface area contributed by atoms with Crippen LogP contribution in [0.25, 0.3) is 0 Å². The fourth-order valence-electron chi connectivity index (χ4n) is 2.19. The second kappa shape index (κ2) is 7.97. The summed E-state index contributed by atoms with van der Waals surface area (Å²) in [6, 6.07) is 8.43. The van der Waals surface area contributed by atoms with Crippen LogP contribution >= 0.6 is 0 Å². The number of allylic oxidation sites excluding steroid dienone is 1. The molecule has 0 amide bonds. The highest BCUT2D eigenvalue weighted by Gasteiger charge is 2.10. The van der Waals surface area contributed by atoms with E-state index in [1.807, 2.05) is 13.2 Å². The predicted octanol–water partition coefficient (Wildman–Crippen LogP) is 3.01. The Labute approximate surface area is 115 Å². The van der Waals surface area contributed by atoms with Gasteiger partial charge in [0.15, 0.2) is 0 Å². The first-order valence-electron chi connectivity index (χ1n) is 7.06. The van der Waals surface area contributed by atoms with E-state index in [0.29, 0.717) is 12.7 Å². The molecule has 0 fully saturated rings. The normalized spacial score (nSPS) is 18.3. The molecular weight excluding hydrogens is 238 g/mol. The highest BCUT2D eigenvalue weighted by molar-refractivity contribution is 5.26. The van der Waals surface area contributed by atoms with E-state index in [-0.39, 0.29) is 0 Å². The molecule has 1 N–H and O–H groups in total. The minimum atomic E-state index is 0.309. The molecule has 3 nitrogen and oxygen atoms in total. The van der Waals surface area contributed by atoms with Gasteiger partial charge in [-0.2, -0.15) is 0 Å². The third kappa shape index (κ3) is 4.69. The molecule has 1 aromatic carbocycles. The standard InChI is InChI=1S/C16H23NO2/c1-2-18-13-15-8-4-3-7-14(15)11-17-12-16-9-5-6-10-19-16/h3-4,6-8,10,16-17H,2,5,9,11-13H2,1H3. The summed E-state index contributed by atoms with van der Waals surface area (Å²) in [5.41, 5.74) is 2.57. The molecule has 0 spiro atoms. The van der Waals surface area contributed by atoms with Crippen LogP contribution < -0.4 is 5.32 Å². The van der Waals surface area contributed by atoms with Crippen LogP contribution in [0, 0.1) is 0 Å². The average molecular weight is 261 g/mol. The molecule has 2 rings (SSSR count). The Bertz CT molecular complexity index is 403. The van der Waals surface area contributed by atoms with Crippen molar-refractivity contribution in [2.45, 2.75) is 39.0 Å². The van der Waals surface area contributed by atoms with Crippen LogP contribution in [0.5, 0.6) is 0 Å². The number of rotatable bonds is 7. The zero-order chi connectivity index (χ0) is 13.3. The van der Waals surface area contributed by atoms with Gasteiger partial charge >= 0.3 is 0 Å². The molecule has 0 radical (unpaired) electrons. The van der Waals surface area contributed by atoms with E-state index in [9.17, 15) is 0 Å². The van der Waals surface area contributed by atoms with Gasteiger partial charge < -0.3 is 14.8 Å². The van der Waals surface area contributed by atoms with Crippen molar-refractivity contribution in [2.24, 2.45) is 0 Å². The van der Waals surface area contributed by atoms with Gasteiger partial charge in [0, 0.05) is 19.7 Å². The third-order valence-electron chi connectivity index (χ3n) is 3.29. The predicted molar refractivity (Wildman–Crippen MR) is 76.7 cm³/mol. The van der Waals surface area contributed by atoms with Crippen molar-refractivity contribution in [3.8, 4) is 0 Å². The highest BCUT2D eigenvalue weighted by atomic mass is 16.5. The number of hydrogen-bond donors (Lipinski definition) is 1. The molecule has 1 atom stereocenters. The van der Waals surface area contributed by atoms with Gasteiger partial charge in [-0.25, -0.2) is 0 Å². The molecule has 104 valence electrons. The summed E-state index contributed by atoms with van der Waals surface area (Å²) in [4.78, 5) is 0. The summed E-state index contributed by atoms with van der Waals surface area (Å²) in [6.45, 7) is 5.23. The van der Waals surface area contributed by atoms with Crippen LogP contribution in [0.3, 0.4) is 0 Å². The van der Waals surface area contributed by atoms with Gasteiger partial charge in [0.1, 0.15) is 6.10 Å². The van der Waals surface area contributed by atoms with E-state index in [1.165, 1.54) is 11.1 Å². The molecule has 0 bridgehead atoms. The molecule has 1 aliphatic rings. The van der Waals surface area contributed by atoms with Gasteiger partial charge in [-0.05, 0) is 37.0 Å². The maximum absolute atomic E-state index is 5.54. The topological polar surface area (TPSA) is 30.5 Å². The summed E-state index contributed by atoms with van der Waals surface area (Å²) in [6.07, 6.45) is 6.42. The van der Waals surface area contributed by atoms with Crippen LogP contribution in [0.2, 0.25) is 0 Å². The van der Waals surface area contributed by atoms with Crippen molar-refractivity contribution in [1.82, 2.24) is 5.32 Å². The van der Waals surface area contributed by atoms with E-state index in [2.05, 4.69) is 35.7 Å². The third-order valence-corrected chi connectivity index (χ3v) is 3.29. The molecule has 1 aromatic rings. The Hall–Kier alpha value is -1.32. The maximum Gasteiger partial charge on any atom is 0.110 e. The largest absolute Gasteiger partial charge is 0.497 e. The quantitative estimate of drug-likeness (QED) is 0.818. The Morgan fingerprint density at radius 3 is 2.89 bits per heavy atom. The van der Waals surface area contributed by atoms with Crippen molar-refractivity contribution in [3.63, 3.8) is 0 Å². The average Bonchev–Trinajstić information content (AvgIpc) is 2.47. The minimum absolute atomic E-state index is 0.309. The lowest BCUT2D eigenvalue weighted by atomic mass is 10.1. The molecule has 19 heavy (non-hydrogen) atoms. The summed E-state index contributed by atoms with van der Waals surface area (Å²) in [7, 11) is 0. The maximum atomic E-state index is 5.54. The van der Waals surface area contributed by atoms with Crippen LogP contribution in [0.4, 0.5) is 0 Å². The number of benzene rings is 1. The van der Waals surface area contributed by atoms with Gasteiger partial charge in [0.2, 0.25) is 0 Å². The van der Waals surface area contributed by atoms with Crippen LogP contribution in [-0.2, 0) is 22.6 Å². The van der Waals surface area contributed by atoms with E-state index in [0.717, 1.165) is 32.5 Å². The lowest BCUT2D eigenvalue weighted by molar-refractivity contribution is 0.121. The fraction of sp³-hybridized carbons (Fsp3) is 0.500. The van der Waals surface area contributed by atoms with E-state index in [4.69, 9.17) is 9.47 Å². The lowest BCUT2D eigenvalue weighted by Crippen LogP contribution is -2.29. The second-order valence-electron chi connectivity index (χ2n) is 4.74. The molecule has 0 aliphatic carbocycles. The summed E-state index contributed by atoms with van der Waals surface area (Å²) in [5, 5.41) is 3.47. The van der Waals surface area contributed by atoms with Crippen molar-refractivity contribution < 1.29 is 9.47 Å². The van der Waals surface area contributed by atoms with Crippen LogP contribution in [0.15, 0.2) is 36.6 Å². The van der Waals surface area contributed by atoms with Gasteiger partial charge in [-0.1, -0.05) is 24.3 Å². The molecule has 0 saturated heterocycles. The highest BCUT2D eigenvalue weighted by Crippen LogP contribution is 2.12. The molecule has 1 unspecified atom stereocenters. The first kappa shape index (κ1) is 14.1. The van der Waals surface area contributed by atoms with Crippen molar-refractivity contribution in [3.05, 3.63) is 47.7 Å².